The van der Waals surface area contributed by atoms with Gasteiger partial charge in [-0.15, -0.1) is 0 Å². The molecule has 2 nitrogen and oxygen atoms in total. The predicted molar refractivity (Wildman–Crippen MR) is 86.4 cm³/mol. The van der Waals surface area contributed by atoms with Crippen LogP contribution in [-0.4, -0.2) is 12.1 Å². The van der Waals surface area contributed by atoms with Crippen LogP contribution in [0, 0.1) is 5.41 Å². The molecular formula is C16H25BrN2. The number of benzene rings is 1. The van der Waals surface area contributed by atoms with Gasteiger partial charge in [0.2, 0.25) is 0 Å². The molecule has 19 heavy (non-hydrogen) atoms. The number of anilines is 1. The van der Waals surface area contributed by atoms with E-state index >= 15 is 0 Å². The van der Waals surface area contributed by atoms with Gasteiger partial charge in [0, 0.05) is 22.2 Å². The largest absolute Gasteiger partial charge is 0.378 e. The molecule has 1 aromatic rings. The normalized spacial score (nSPS) is 26.7. The number of nitrogens with one attached hydrogen (secondary N) is 1. The maximum Gasteiger partial charge on any atom is 0.0495 e. The van der Waals surface area contributed by atoms with Crippen LogP contribution in [0.5, 0.6) is 0 Å². The van der Waals surface area contributed by atoms with Gasteiger partial charge in [0.05, 0.1) is 0 Å². The van der Waals surface area contributed by atoms with Crippen molar-refractivity contribution in [3.8, 4) is 0 Å². The molecule has 0 saturated heterocycles. The molecule has 3 N–H and O–H groups in total. The van der Waals surface area contributed by atoms with Crippen LogP contribution in [0.1, 0.15) is 46.0 Å². The highest BCUT2D eigenvalue weighted by Gasteiger charge is 2.34. The molecule has 1 aliphatic rings. The van der Waals surface area contributed by atoms with Gasteiger partial charge in [0.25, 0.3) is 0 Å². The molecule has 0 bridgehead atoms. The van der Waals surface area contributed by atoms with Crippen LogP contribution >= 0.6 is 15.9 Å². The lowest BCUT2D eigenvalue weighted by Crippen LogP contribution is -2.45. The van der Waals surface area contributed by atoms with E-state index in [4.69, 9.17) is 5.73 Å². The van der Waals surface area contributed by atoms with Gasteiger partial charge in [0.15, 0.2) is 0 Å². The van der Waals surface area contributed by atoms with Crippen LogP contribution in [0.15, 0.2) is 28.7 Å². The summed E-state index contributed by atoms with van der Waals surface area (Å²) in [5.74, 6) is 0. The summed E-state index contributed by atoms with van der Waals surface area (Å²) < 4.78 is 1.11. The molecule has 0 aliphatic heterocycles. The van der Waals surface area contributed by atoms with Gasteiger partial charge in [0.1, 0.15) is 0 Å². The summed E-state index contributed by atoms with van der Waals surface area (Å²) in [7, 11) is 0. The van der Waals surface area contributed by atoms with E-state index in [0.717, 1.165) is 10.9 Å². The zero-order valence-corrected chi connectivity index (χ0v) is 13.6. The molecule has 0 heterocycles. The summed E-state index contributed by atoms with van der Waals surface area (Å²) in [4.78, 5) is 0. The van der Waals surface area contributed by atoms with E-state index in [2.05, 4.69) is 59.4 Å². The first-order chi connectivity index (χ1) is 8.95. The summed E-state index contributed by atoms with van der Waals surface area (Å²) in [6.07, 6.45) is 6.13. The topological polar surface area (TPSA) is 38.0 Å². The zero-order valence-electron chi connectivity index (χ0n) is 12.0. The standard InChI is InChI=1S/C16H25BrN2/c1-15(2)8-3-9-16(12-18,11-10-15)19-14-6-4-13(17)5-7-14/h4-7,19H,3,8-12,18H2,1-2H3. The van der Waals surface area contributed by atoms with Gasteiger partial charge in [-0.2, -0.15) is 0 Å². The maximum absolute atomic E-state index is 6.10. The van der Waals surface area contributed by atoms with Crippen molar-refractivity contribution in [2.75, 3.05) is 11.9 Å². The fraction of sp³-hybridized carbons (Fsp3) is 0.625. The van der Waals surface area contributed by atoms with Crippen molar-refractivity contribution in [2.24, 2.45) is 11.1 Å². The molecule has 106 valence electrons. The summed E-state index contributed by atoms with van der Waals surface area (Å²) in [5.41, 5.74) is 7.80. The van der Waals surface area contributed by atoms with Crippen molar-refractivity contribution >= 4 is 21.6 Å². The fourth-order valence-electron chi connectivity index (χ4n) is 2.95. The third kappa shape index (κ3) is 3.96. The summed E-state index contributed by atoms with van der Waals surface area (Å²) in [5, 5.41) is 3.70. The van der Waals surface area contributed by atoms with Gasteiger partial charge < -0.3 is 11.1 Å². The molecule has 0 aromatic heterocycles. The third-order valence-corrected chi connectivity index (χ3v) is 4.96. The second kappa shape index (κ2) is 5.84. The first kappa shape index (κ1) is 14.9. The van der Waals surface area contributed by atoms with E-state index in [0.29, 0.717) is 12.0 Å². The minimum Gasteiger partial charge on any atom is -0.378 e. The van der Waals surface area contributed by atoms with Gasteiger partial charge in [-0.1, -0.05) is 36.2 Å². The monoisotopic (exact) mass is 324 g/mol. The highest BCUT2D eigenvalue weighted by molar-refractivity contribution is 9.10. The molecule has 1 atom stereocenters. The molecular weight excluding hydrogens is 300 g/mol. The SMILES string of the molecule is CC1(C)CCCC(CN)(Nc2ccc(Br)cc2)CC1. The molecule has 1 fully saturated rings. The third-order valence-electron chi connectivity index (χ3n) is 4.43. The number of rotatable bonds is 3. The van der Waals surface area contributed by atoms with Crippen LogP contribution in [-0.2, 0) is 0 Å². The van der Waals surface area contributed by atoms with Crippen molar-refractivity contribution in [2.45, 2.75) is 51.5 Å². The van der Waals surface area contributed by atoms with Crippen LogP contribution in [0.3, 0.4) is 0 Å². The lowest BCUT2D eigenvalue weighted by molar-refractivity contribution is 0.305. The first-order valence-electron chi connectivity index (χ1n) is 7.19. The molecule has 2 rings (SSSR count). The summed E-state index contributed by atoms with van der Waals surface area (Å²) >= 11 is 3.48. The Morgan fingerprint density at radius 2 is 1.79 bits per heavy atom. The average molecular weight is 325 g/mol. The van der Waals surface area contributed by atoms with Crippen LogP contribution in [0.2, 0.25) is 0 Å². The van der Waals surface area contributed by atoms with E-state index < -0.39 is 0 Å². The first-order valence-corrected chi connectivity index (χ1v) is 7.98. The van der Waals surface area contributed by atoms with Crippen LogP contribution < -0.4 is 11.1 Å². The average Bonchev–Trinajstić information content (AvgIpc) is 2.52. The van der Waals surface area contributed by atoms with Gasteiger partial charge in [-0.3, -0.25) is 0 Å². The Bertz CT molecular complexity index is 413. The highest BCUT2D eigenvalue weighted by atomic mass is 79.9. The fourth-order valence-corrected chi connectivity index (χ4v) is 3.22. The summed E-state index contributed by atoms with van der Waals surface area (Å²) in [6.45, 7) is 5.46. The molecule has 0 radical (unpaired) electrons. The van der Waals surface area contributed by atoms with E-state index in [1.807, 2.05) is 0 Å². The number of nitrogens with two attached hydrogens (primary N) is 1. The number of halogens is 1. The highest BCUT2D eigenvalue weighted by Crippen LogP contribution is 2.39. The van der Waals surface area contributed by atoms with E-state index in [-0.39, 0.29) is 5.54 Å². The Kier molecular flexibility index (Phi) is 4.57. The maximum atomic E-state index is 6.10. The lowest BCUT2D eigenvalue weighted by atomic mass is 9.83. The van der Waals surface area contributed by atoms with Crippen molar-refractivity contribution in [1.29, 1.82) is 0 Å². The molecule has 1 unspecified atom stereocenters. The second-order valence-corrected chi connectivity index (χ2v) is 7.55. The smallest absolute Gasteiger partial charge is 0.0495 e. The van der Waals surface area contributed by atoms with Gasteiger partial charge >= 0.3 is 0 Å². The van der Waals surface area contributed by atoms with Crippen molar-refractivity contribution in [3.63, 3.8) is 0 Å². The Balaban J connectivity index is 2.11. The van der Waals surface area contributed by atoms with Crippen molar-refractivity contribution < 1.29 is 0 Å². The number of hydrogen-bond acceptors (Lipinski definition) is 2. The Morgan fingerprint density at radius 3 is 2.42 bits per heavy atom. The zero-order chi connectivity index (χ0) is 13.9. The second-order valence-electron chi connectivity index (χ2n) is 6.63. The molecule has 1 aliphatic carbocycles. The predicted octanol–water partition coefficient (Wildman–Crippen LogP) is 4.55. The van der Waals surface area contributed by atoms with E-state index in [1.165, 1.54) is 31.4 Å². The lowest BCUT2D eigenvalue weighted by Gasteiger charge is -2.34. The Hall–Kier alpha value is -0.540. The van der Waals surface area contributed by atoms with Gasteiger partial charge in [-0.25, -0.2) is 0 Å². The van der Waals surface area contributed by atoms with E-state index in [1.54, 1.807) is 0 Å². The molecule has 0 amide bonds. The molecule has 1 saturated carbocycles. The molecule has 0 spiro atoms. The minimum absolute atomic E-state index is 0.0710. The van der Waals surface area contributed by atoms with E-state index in [9.17, 15) is 0 Å². The number of hydrogen-bond donors (Lipinski definition) is 2. The Labute approximate surface area is 125 Å². The quantitative estimate of drug-likeness (QED) is 0.800. The van der Waals surface area contributed by atoms with Crippen molar-refractivity contribution in [3.05, 3.63) is 28.7 Å². The van der Waals surface area contributed by atoms with Crippen LogP contribution in [0.4, 0.5) is 5.69 Å². The van der Waals surface area contributed by atoms with Crippen LogP contribution in [0.25, 0.3) is 0 Å². The Morgan fingerprint density at radius 1 is 1.11 bits per heavy atom. The van der Waals surface area contributed by atoms with Gasteiger partial charge in [-0.05, 0) is 55.4 Å². The minimum atomic E-state index is 0.0710. The molecule has 3 heteroatoms. The summed E-state index contributed by atoms with van der Waals surface area (Å²) in [6, 6.07) is 8.40. The molecule has 1 aromatic carbocycles. The van der Waals surface area contributed by atoms with Crippen molar-refractivity contribution in [1.82, 2.24) is 0 Å².